The maximum Gasteiger partial charge on any atom is 0.317 e. The smallest absolute Gasteiger partial charge is 0.317 e. The molecule has 2 rings (SSSR count). The first kappa shape index (κ1) is 11.2. The number of rotatable bonds is 2. The molecular formula is C10H12N4O3. The molecule has 7 heteroatoms. The lowest BCUT2D eigenvalue weighted by Crippen LogP contribution is -2.22. The molecule has 0 saturated carbocycles. The largest absolute Gasteiger partial charge is 0.389 e. The zero-order valence-corrected chi connectivity index (χ0v) is 8.86. The summed E-state index contributed by atoms with van der Waals surface area (Å²) in [4.78, 5) is 24.9. The number of aromatic amines is 1. The molecule has 1 heterocycles. The summed E-state index contributed by atoms with van der Waals surface area (Å²) in [5.41, 5.74) is 11.6. The van der Waals surface area contributed by atoms with Gasteiger partial charge in [0.1, 0.15) is 5.82 Å². The van der Waals surface area contributed by atoms with Gasteiger partial charge in [0.2, 0.25) is 0 Å². The molecular weight excluding hydrogens is 224 g/mol. The fourth-order valence-electron chi connectivity index (χ4n) is 1.87. The highest BCUT2D eigenvalue weighted by Gasteiger charge is 2.24. The van der Waals surface area contributed by atoms with Crippen molar-refractivity contribution < 1.29 is 14.7 Å². The Hall–Kier alpha value is -2.28. The Kier molecular flexibility index (Phi) is 2.60. The van der Waals surface area contributed by atoms with Gasteiger partial charge in [0.05, 0.1) is 11.7 Å². The molecule has 1 aromatic heterocycles. The first-order chi connectivity index (χ1) is 7.99. The van der Waals surface area contributed by atoms with Gasteiger partial charge >= 0.3 is 6.03 Å². The third kappa shape index (κ3) is 2.00. The molecule has 0 saturated heterocycles. The average Bonchev–Trinajstić information content (AvgIpc) is 2.53. The Bertz CT molecular complexity index is 518. The van der Waals surface area contributed by atoms with Crippen LogP contribution in [0.1, 0.15) is 21.6 Å². The van der Waals surface area contributed by atoms with Gasteiger partial charge < -0.3 is 21.6 Å². The van der Waals surface area contributed by atoms with Crippen LogP contribution in [0, 0.1) is 0 Å². The maximum atomic E-state index is 11.3. The van der Waals surface area contributed by atoms with Crippen LogP contribution >= 0.6 is 0 Å². The van der Waals surface area contributed by atoms with Gasteiger partial charge in [0, 0.05) is 17.7 Å². The molecule has 0 bridgehead atoms. The van der Waals surface area contributed by atoms with Crippen molar-refractivity contribution in [2.45, 2.75) is 12.5 Å². The van der Waals surface area contributed by atoms with Gasteiger partial charge in [-0.3, -0.25) is 10.1 Å². The van der Waals surface area contributed by atoms with Crippen LogP contribution < -0.4 is 16.8 Å². The van der Waals surface area contributed by atoms with Crippen molar-refractivity contribution in [3.8, 4) is 0 Å². The highest BCUT2D eigenvalue weighted by molar-refractivity contribution is 6.05. The van der Waals surface area contributed by atoms with Gasteiger partial charge in [-0.1, -0.05) is 12.2 Å². The number of aliphatic hydroxyl groups excluding tert-OH is 1. The van der Waals surface area contributed by atoms with Gasteiger partial charge in [0.15, 0.2) is 0 Å². The fraction of sp³-hybridized carbons (Fsp3) is 0.200. The number of aromatic nitrogens is 1. The van der Waals surface area contributed by atoms with Crippen molar-refractivity contribution in [1.82, 2.24) is 4.98 Å². The van der Waals surface area contributed by atoms with Crippen LogP contribution in [0.4, 0.5) is 10.6 Å². The monoisotopic (exact) mass is 236 g/mol. The Balaban J connectivity index is 2.51. The summed E-state index contributed by atoms with van der Waals surface area (Å²) in [5.74, 6) is -0.513. The number of primary amides is 2. The van der Waals surface area contributed by atoms with Crippen molar-refractivity contribution in [2.24, 2.45) is 11.5 Å². The Morgan fingerprint density at radius 3 is 2.76 bits per heavy atom. The number of H-pyrrole nitrogens is 1. The number of aliphatic hydroxyl groups is 1. The first-order valence-corrected chi connectivity index (χ1v) is 4.96. The number of nitrogens with two attached hydrogens (primary N) is 2. The standard InChI is InChI=1S/C10H12N4O3/c11-8(16)7-5-2-1-4(15)3-6(5)13-9(7)14-10(12)17/h1-2,4,13,15H,3H2,(H2,11,16)(H3,12,14,17). The Labute approximate surface area is 96.5 Å². The number of amides is 3. The summed E-state index contributed by atoms with van der Waals surface area (Å²) in [7, 11) is 0. The second kappa shape index (κ2) is 3.95. The van der Waals surface area contributed by atoms with Crippen molar-refractivity contribution in [2.75, 3.05) is 5.32 Å². The highest BCUT2D eigenvalue weighted by atomic mass is 16.3. The molecule has 0 aliphatic heterocycles. The van der Waals surface area contributed by atoms with Crippen LogP contribution in [0.25, 0.3) is 6.08 Å². The molecule has 0 aromatic carbocycles. The van der Waals surface area contributed by atoms with Crippen LogP contribution in [0.3, 0.4) is 0 Å². The van der Waals surface area contributed by atoms with Crippen molar-refractivity contribution in [3.63, 3.8) is 0 Å². The number of anilines is 1. The summed E-state index contributed by atoms with van der Waals surface area (Å²) in [5, 5.41) is 11.7. The lowest BCUT2D eigenvalue weighted by Gasteiger charge is -2.10. The SMILES string of the molecule is NC(=O)Nc1[nH]c2c(c1C(N)=O)C=CC(O)C2. The molecule has 7 N–H and O–H groups in total. The van der Waals surface area contributed by atoms with E-state index in [2.05, 4.69) is 10.3 Å². The van der Waals surface area contributed by atoms with Crippen molar-refractivity contribution in [3.05, 3.63) is 22.9 Å². The second-order valence-corrected chi connectivity index (χ2v) is 3.75. The Morgan fingerprint density at radius 2 is 2.18 bits per heavy atom. The van der Waals surface area contributed by atoms with Crippen LogP contribution in [0.15, 0.2) is 6.08 Å². The first-order valence-electron chi connectivity index (χ1n) is 4.96. The number of hydrogen-bond acceptors (Lipinski definition) is 3. The number of nitrogens with one attached hydrogen (secondary N) is 2. The van der Waals surface area contributed by atoms with Gasteiger partial charge in [-0.15, -0.1) is 0 Å². The Morgan fingerprint density at radius 1 is 1.47 bits per heavy atom. The molecule has 0 fully saturated rings. The molecule has 1 aliphatic carbocycles. The summed E-state index contributed by atoms with van der Waals surface area (Å²) >= 11 is 0. The minimum atomic E-state index is -0.796. The number of urea groups is 1. The zero-order chi connectivity index (χ0) is 12.6. The number of carbonyl (C=O) groups is 2. The molecule has 1 aliphatic rings. The maximum absolute atomic E-state index is 11.3. The second-order valence-electron chi connectivity index (χ2n) is 3.75. The molecule has 90 valence electrons. The van der Waals surface area contributed by atoms with E-state index in [1.54, 1.807) is 12.2 Å². The van der Waals surface area contributed by atoms with E-state index in [1.165, 1.54) is 0 Å². The van der Waals surface area contributed by atoms with E-state index in [1.807, 2.05) is 0 Å². The van der Waals surface area contributed by atoms with E-state index in [0.29, 0.717) is 17.7 Å². The molecule has 7 nitrogen and oxygen atoms in total. The van der Waals surface area contributed by atoms with Crippen LogP contribution in [-0.2, 0) is 6.42 Å². The van der Waals surface area contributed by atoms with Gasteiger partial charge in [0.25, 0.3) is 5.91 Å². The average molecular weight is 236 g/mol. The molecule has 3 amide bonds. The summed E-state index contributed by atoms with van der Waals surface area (Å²) in [6.45, 7) is 0. The van der Waals surface area contributed by atoms with E-state index in [0.717, 1.165) is 0 Å². The normalized spacial score (nSPS) is 17.6. The predicted octanol–water partition coefficient (Wildman–Crippen LogP) is -0.466. The summed E-state index contributed by atoms with van der Waals surface area (Å²) < 4.78 is 0. The van der Waals surface area contributed by atoms with E-state index in [9.17, 15) is 14.7 Å². The quantitative estimate of drug-likeness (QED) is 0.475. The molecule has 0 spiro atoms. The third-order valence-electron chi connectivity index (χ3n) is 2.51. The van der Waals surface area contributed by atoms with Gasteiger partial charge in [-0.05, 0) is 0 Å². The molecule has 0 radical (unpaired) electrons. The van der Waals surface area contributed by atoms with Crippen LogP contribution in [0.5, 0.6) is 0 Å². The van der Waals surface area contributed by atoms with E-state index in [-0.39, 0.29) is 11.4 Å². The van der Waals surface area contributed by atoms with Crippen molar-refractivity contribution in [1.29, 1.82) is 0 Å². The molecule has 1 unspecified atom stereocenters. The van der Waals surface area contributed by atoms with E-state index < -0.39 is 18.0 Å². The predicted molar refractivity (Wildman–Crippen MR) is 61.3 cm³/mol. The van der Waals surface area contributed by atoms with Crippen LogP contribution in [0.2, 0.25) is 0 Å². The summed E-state index contributed by atoms with van der Waals surface area (Å²) in [6, 6.07) is -0.796. The van der Waals surface area contributed by atoms with E-state index >= 15 is 0 Å². The van der Waals surface area contributed by atoms with Gasteiger partial charge in [-0.25, -0.2) is 4.79 Å². The molecule has 17 heavy (non-hydrogen) atoms. The number of hydrogen-bond donors (Lipinski definition) is 5. The zero-order valence-electron chi connectivity index (χ0n) is 8.86. The van der Waals surface area contributed by atoms with Crippen molar-refractivity contribution >= 4 is 23.8 Å². The fourth-order valence-corrected chi connectivity index (χ4v) is 1.87. The highest BCUT2D eigenvalue weighted by Crippen LogP contribution is 2.28. The minimum absolute atomic E-state index is 0.161. The van der Waals surface area contributed by atoms with Gasteiger partial charge in [-0.2, -0.15) is 0 Å². The minimum Gasteiger partial charge on any atom is -0.389 e. The number of fused-ring (bicyclic) bond motifs is 1. The topological polar surface area (TPSA) is 134 Å². The lowest BCUT2D eigenvalue weighted by molar-refractivity contribution is 0.100. The number of carbonyl (C=O) groups excluding carboxylic acids is 2. The third-order valence-corrected chi connectivity index (χ3v) is 2.51. The molecule has 1 atom stereocenters. The summed E-state index contributed by atoms with van der Waals surface area (Å²) in [6.07, 6.45) is 2.85. The van der Waals surface area contributed by atoms with Crippen LogP contribution in [-0.4, -0.2) is 28.1 Å². The molecule has 1 aromatic rings. The van der Waals surface area contributed by atoms with E-state index in [4.69, 9.17) is 11.5 Å². The lowest BCUT2D eigenvalue weighted by atomic mass is 9.99.